The molecule has 0 bridgehead atoms. The van der Waals surface area contributed by atoms with E-state index in [0.29, 0.717) is 17.9 Å². The maximum atomic E-state index is 12.7. The monoisotopic (exact) mass is 324 g/mol. The van der Waals surface area contributed by atoms with E-state index in [9.17, 15) is 4.79 Å². The highest BCUT2D eigenvalue weighted by Gasteiger charge is 2.27. The van der Waals surface area contributed by atoms with Gasteiger partial charge in [-0.1, -0.05) is 24.3 Å². The fraction of sp³-hybridized carbons (Fsp3) is 0.222. The largest absolute Gasteiger partial charge is 0.363 e. The van der Waals surface area contributed by atoms with Gasteiger partial charge in [0.25, 0.3) is 5.91 Å². The number of rotatable bonds is 3. The van der Waals surface area contributed by atoms with Gasteiger partial charge in [0, 0.05) is 4.90 Å². The molecule has 0 aliphatic carbocycles. The number of hydrogen-bond acceptors (Lipinski definition) is 4. The summed E-state index contributed by atoms with van der Waals surface area (Å²) in [5.41, 5.74) is 3.23. The molecule has 0 saturated carbocycles. The van der Waals surface area contributed by atoms with E-state index in [1.165, 1.54) is 11.8 Å². The summed E-state index contributed by atoms with van der Waals surface area (Å²) < 4.78 is 5.68. The second-order valence-corrected chi connectivity index (χ2v) is 6.06. The number of ether oxygens (including phenoxy) is 1. The molecule has 1 aliphatic heterocycles. The summed E-state index contributed by atoms with van der Waals surface area (Å²) in [6, 6.07) is 15.2. The normalized spacial score (nSPS) is 16.3. The lowest BCUT2D eigenvalue weighted by atomic mass is 9.97. The Kier molecular flexibility index (Phi) is 4.65. The minimum atomic E-state index is -0.611. The minimum absolute atomic E-state index is 0.206. The third-order valence-corrected chi connectivity index (χ3v) is 4.61. The lowest BCUT2D eigenvalue weighted by Gasteiger charge is -2.25. The highest BCUT2D eigenvalue weighted by molar-refractivity contribution is 7.98. The van der Waals surface area contributed by atoms with Crippen molar-refractivity contribution in [2.75, 3.05) is 18.2 Å². The summed E-state index contributed by atoms with van der Waals surface area (Å²) in [4.78, 5) is 13.6. The molecule has 2 aromatic rings. The van der Waals surface area contributed by atoms with Gasteiger partial charge in [0.05, 0.1) is 23.9 Å². The number of nitriles is 1. The zero-order valence-electron chi connectivity index (χ0n) is 12.7. The number of nitrogens with one attached hydrogen (secondary N) is 1. The third-order valence-electron chi connectivity index (χ3n) is 3.82. The molecule has 23 heavy (non-hydrogen) atoms. The van der Waals surface area contributed by atoms with Crippen molar-refractivity contribution in [3.05, 3.63) is 59.2 Å². The summed E-state index contributed by atoms with van der Waals surface area (Å²) in [5.74, 6) is -0.206. The van der Waals surface area contributed by atoms with Crippen molar-refractivity contribution in [2.24, 2.45) is 0 Å². The average Bonchev–Trinajstić information content (AvgIpc) is 2.61. The first kappa shape index (κ1) is 15.6. The van der Waals surface area contributed by atoms with E-state index in [1.54, 1.807) is 12.1 Å². The van der Waals surface area contributed by atoms with Gasteiger partial charge in [-0.3, -0.25) is 4.79 Å². The number of fused-ring (bicyclic) bond motifs is 1. The Hall–Kier alpha value is -2.29. The fourth-order valence-corrected chi connectivity index (χ4v) is 3.22. The van der Waals surface area contributed by atoms with Crippen LogP contribution in [0.4, 0.5) is 5.69 Å². The summed E-state index contributed by atoms with van der Waals surface area (Å²) >= 11 is 1.52. The summed E-state index contributed by atoms with van der Waals surface area (Å²) in [6.07, 6.45) is 2.14. The SMILES string of the molecule is CSc1ccc(C#N)cc1NC(=O)C1OCCc2ccccc21. The Balaban J connectivity index is 1.87. The van der Waals surface area contributed by atoms with Crippen LogP contribution >= 0.6 is 11.8 Å². The summed E-state index contributed by atoms with van der Waals surface area (Å²) in [7, 11) is 0. The van der Waals surface area contributed by atoms with Crippen LogP contribution in [0.1, 0.15) is 22.8 Å². The molecule has 1 N–H and O–H groups in total. The second-order valence-electron chi connectivity index (χ2n) is 5.22. The van der Waals surface area contributed by atoms with Crippen molar-refractivity contribution in [3.63, 3.8) is 0 Å². The molecule has 0 spiro atoms. The Labute approximate surface area is 139 Å². The van der Waals surface area contributed by atoms with E-state index >= 15 is 0 Å². The zero-order valence-corrected chi connectivity index (χ0v) is 13.5. The predicted molar refractivity (Wildman–Crippen MR) is 90.4 cm³/mol. The van der Waals surface area contributed by atoms with Crippen molar-refractivity contribution in [2.45, 2.75) is 17.4 Å². The molecule has 0 saturated heterocycles. The lowest BCUT2D eigenvalue weighted by Crippen LogP contribution is -2.28. The quantitative estimate of drug-likeness (QED) is 0.877. The second kappa shape index (κ2) is 6.86. The number of hydrogen-bond donors (Lipinski definition) is 1. The van der Waals surface area contributed by atoms with Crippen LogP contribution in [0.5, 0.6) is 0 Å². The Morgan fingerprint density at radius 1 is 1.35 bits per heavy atom. The summed E-state index contributed by atoms with van der Waals surface area (Å²) in [5, 5.41) is 12.0. The maximum Gasteiger partial charge on any atom is 0.258 e. The number of amides is 1. The van der Waals surface area contributed by atoms with Crippen LogP contribution in [0.15, 0.2) is 47.4 Å². The number of carbonyl (C=O) groups excluding carboxylic acids is 1. The van der Waals surface area contributed by atoms with E-state index in [4.69, 9.17) is 10.00 Å². The number of benzene rings is 2. The van der Waals surface area contributed by atoms with E-state index in [1.807, 2.05) is 36.6 Å². The molecule has 5 heteroatoms. The fourth-order valence-electron chi connectivity index (χ4n) is 2.68. The molecule has 1 aliphatic rings. The van der Waals surface area contributed by atoms with Crippen LogP contribution in [0.2, 0.25) is 0 Å². The van der Waals surface area contributed by atoms with Crippen molar-refractivity contribution in [1.82, 2.24) is 0 Å². The van der Waals surface area contributed by atoms with Gasteiger partial charge < -0.3 is 10.1 Å². The molecule has 0 radical (unpaired) electrons. The smallest absolute Gasteiger partial charge is 0.258 e. The van der Waals surface area contributed by atoms with Crippen LogP contribution < -0.4 is 5.32 Å². The predicted octanol–water partition coefficient (Wildman–Crippen LogP) is 3.53. The highest BCUT2D eigenvalue weighted by Crippen LogP contribution is 2.31. The average molecular weight is 324 g/mol. The van der Waals surface area contributed by atoms with E-state index < -0.39 is 6.10 Å². The first-order valence-electron chi connectivity index (χ1n) is 7.31. The van der Waals surface area contributed by atoms with Crippen LogP contribution in [-0.4, -0.2) is 18.8 Å². The Bertz CT molecular complexity index is 783. The van der Waals surface area contributed by atoms with Crippen LogP contribution in [0.25, 0.3) is 0 Å². The van der Waals surface area contributed by atoms with Crippen molar-refractivity contribution in [1.29, 1.82) is 5.26 Å². The van der Waals surface area contributed by atoms with Gasteiger partial charge >= 0.3 is 0 Å². The molecule has 0 fully saturated rings. The number of nitrogens with zero attached hydrogens (tertiary/aromatic N) is 1. The van der Waals surface area contributed by atoms with Crippen LogP contribution in [0.3, 0.4) is 0 Å². The highest BCUT2D eigenvalue weighted by atomic mass is 32.2. The van der Waals surface area contributed by atoms with Gasteiger partial charge in [-0.2, -0.15) is 5.26 Å². The first-order chi connectivity index (χ1) is 11.2. The third kappa shape index (κ3) is 3.24. The molecule has 2 aromatic carbocycles. The van der Waals surface area contributed by atoms with Gasteiger partial charge in [-0.15, -0.1) is 11.8 Å². The number of thioether (sulfide) groups is 1. The number of anilines is 1. The molecule has 1 amide bonds. The van der Waals surface area contributed by atoms with Gasteiger partial charge in [-0.25, -0.2) is 0 Å². The molecule has 1 unspecified atom stereocenters. The van der Waals surface area contributed by atoms with Crippen molar-refractivity contribution in [3.8, 4) is 6.07 Å². The Morgan fingerprint density at radius 2 is 2.17 bits per heavy atom. The number of carbonyl (C=O) groups is 1. The Morgan fingerprint density at radius 3 is 2.96 bits per heavy atom. The molecule has 116 valence electrons. The van der Waals surface area contributed by atoms with E-state index in [-0.39, 0.29) is 5.91 Å². The van der Waals surface area contributed by atoms with Gasteiger partial charge in [-0.05, 0) is 42.0 Å². The van der Waals surface area contributed by atoms with Crippen molar-refractivity contribution >= 4 is 23.4 Å². The molecule has 4 nitrogen and oxygen atoms in total. The molecular formula is C18H16N2O2S. The van der Waals surface area contributed by atoms with E-state index in [2.05, 4.69) is 11.4 Å². The van der Waals surface area contributed by atoms with Gasteiger partial charge in [0.2, 0.25) is 0 Å². The van der Waals surface area contributed by atoms with Gasteiger partial charge in [0.15, 0.2) is 6.10 Å². The first-order valence-corrected chi connectivity index (χ1v) is 8.54. The molecule has 1 heterocycles. The van der Waals surface area contributed by atoms with Crippen molar-refractivity contribution < 1.29 is 9.53 Å². The van der Waals surface area contributed by atoms with E-state index in [0.717, 1.165) is 22.4 Å². The minimum Gasteiger partial charge on any atom is -0.363 e. The lowest BCUT2D eigenvalue weighted by molar-refractivity contribution is -0.128. The molecular weight excluding hydrogens is 308 g/mol. The molecule has 0 aromatic heterocycles. The molecule has 1 atom stereocenters. The van der Waals surface area contributed by atoms with Crippen LogP contribution in [-0.2, 0) is 16.0 Å². The standard InChI is InChI=1S/C18H16N2O2S/c1-23-16-7-6-12(11-19)10-15(16)20-18(21)17-14-5-3-2-4-13(14)8-9-22-17/h2-7,10,17H,8-9H2,1H3,(H,20,21). The van der Waals surface area contributed by atoms with Gasteiger partial charge in [0.1, 0.15) is 0 Å². The van der Waals surface area contributed by atoms with Crippen LogP contribution in [0, 0.1) is 11.3 Å². The maximum absolute atomic E-state index is 12.7. The zero-order chi connectivity index (χ0) is 16.2. The molecule has 3 rings (SSSR count). The summed E-state index contributed by atoms with van der Waals surface area (Å²) in [6.45, 7) is 0.530. The topological polar surface area (TPSA) is 62.1 Å².